The lowest BCUT2D eigenvalue weighted by molar-refractivity contribution is -0.170. The quantitative estimate of drug-likeness (QED) is 0.0655. The highest BCUT2D eigenvalue weighted by Crippen LogP contribution is 2.27. The molecule has 0 amide bonds. The molecule has 6 nitrogen and oxygen atoms in total. The van der Waals surface area contributed by atoms with E-state index in [2.05, 4.69) is 13.8 Å². The number of hydrogen-bond acceptors (Lipinski definition) is 6. The van der Waals surface area contributed by atoms with Crippen LogP contribution in [-0.2, 0) is 14.3 Å². The van der Waals surface area contributed by atoms with Gasteiger partial charge in [-0.3, -0.25) is 0 Å². The smallest absolute Gasteiger partial charge is 0.382 e. The maximum atomic E-state index is 11.7. The van der Waals surface area contributed by atoms with Gasteiger partial charge in [0, 0.05) is 11.9 Å². The van der Waals surface area contributed by atoms with Gasteiger partial charge in [-0.1, -0.05) is 111 Å². The maximum Gasteiger partial charge on any atom is 0.382 e. The van der Waals surface area contributed by atoms with Crippen LogP contribution in [0.1, 0.15) is 137 Å². The first-order valence-electron chi connectivity index (χ1n) is 14.5. The first kappa shape index (κ1) is 35.8. The Kier molecular flexibility index (Phi) is 25.0. The average Bonchev–Trinajstić information content (AvgIpc) is 2.83. The SMILES string of the molecule is CCCCCCCCCCCSC(CCCCCCCC)C(C)OC(OCCC)C(C(=O)O)=[P+]([O-])O. The number of carboxylic acid groups (broad SMARTS) is 1. The van der Waals surface area contributed by atoms with Crippen LogP contribution in [0.25, 0.3) is 0 Å². The summed E-state index contributed by atoms with van der Waals surface area (Å²) in [6.07, 6.45) is 19.1. The Morgan fingerprint density at radius 3 is 1.81 bits per heavy atom. The second-order valence-electron chi connectivity index (χ2n) is 9.80. The third-order valence-electron chi connectivity index (χ3n) is 6.41. The summed E-state index contributed by atoms with van der Waals surface area (Å²) < 4.78 is 11.6. The van der Waals surface area contributed by atoms with Crippen LogP contribution in [0.5, 0.6) is 0 Å². The van der Waals surface area contributed by atoms with E-state index in [9.17, 15) is 19.7 Å². The van der Waals surface area contributed by atoms with E-state index in [1.807, 2.05) is 25.6 Å². The molecule has 0 saturated heterocycles. The standard InChI is InChI=1S/C28H55O6PS/c1-5-8-10-12-14-15-16-18-20-23-36-25(21-19-17-13-11-9-6-2)24(4)34-28(33-22-7-3)26(27(29)30)35(31)32/h24-25,28H,5-23H2,1-4H3,(H,29,30)(H,31,32). The number of unbranched alkanes of at least 4 members (excludes halogenated alkanes) is 13. The molecule has 0 aromatic carbocycles. The number of carbonyl (C=O) groups is 1. The van der Waals surface area contributed by atoms with E-state index in [1.54, 1.807) is 0 Å². The number of hydrogen-bond donors (Lipinski definition) is 2. The molecule has 8 heteroatoms. The van der Waals surface area contributed by atoms with E-state index in [0.717, 1.165) is 18.6 Å². The van der Waals surface area contributed by atoms with Gasteiger partial charge >= 0.3 is 5.97 Å². The molecule has 0 rings (SSSR count). The Hall–Kier alpha value is -0.170. The molecule has 0 radical (unpaired) electrons. The Morgan fingerprint density at radius 1 is 0.833 bits per heavy atom. The van der Waals surface area contributed by atoms with Crippen molar-refractivity contribution >= 4 is 31.0 Å². The van der Waals surface area contributed by atoms with E-state index >= 15 is 0 Å². The van der Waals surface area contributed by atoms with Gasteiger partial charge in [-0.2, -0.15) is 16.7 Å². The van der Waals surface area contributed by atoms with Gasteiger partial charge in [0.05, 0.1) is 6.10 Å². The fraction of sp³-hybridized carbons (Fsp3) is 0.929. The molecule has 0 aliphatic heterocycles. The highest BCUT2D eigenvalue weighted by molar-refractivity contribution is 7.99. The van der Waals surface area contributed by atoms with Crippen LogP contribution < -0.4 is 4.89 Å². The third kappa shape index (κ3) is 19.0. The number of rotatable bonds is 26. The van der Waals surface area contributed by atoms with Gasteiger partial charge in [-0.15, -0.1) is 0 Å². The molecule has 214 valence electrons. The van der Waals surface area contributed by atoms with Crippen molar-refractivity contribution < 1.29 is 29.2 Å². The summed E-state index contributed by atoms with van der Waals surface area (Å²) in [5.41, 5.74) is 0. The third-order valence-corrected chi connectivity index (χ3v) is 8.79. The summed E-state index contributed by atoms with van der Waals surface area (Å²) in [6.45, 7) is 8.58. The van der Waals surface area contributed by atoms with Crippen molar-refractivity contribution in [3.63, 3.8) is 0 Å². The number of aliphatic carboxylic acids is 1. The van der Waals surface area contributed by atoms with Gasteiger partial charge in [0.15, 0.2) is 0 Å². The molecule has 0 aliphatic carbocycles. The number of ether oxygens (including phenoxy) is 2. The first-order valence-corrected chi connectivity index (χ1v) is 16.8. The fourth-order valence-electron chi connectivity index (χ4n) is 4.19. The molecule has 0 heterocycles. The Morgan fingerprint density at radius 2 is 1.33 bits per heavy atom. The van der Waals surface area contributed by atoms with Gasteiger partial charge in [0.25, 0.3) is 5.29 Å². The monoisotopic (exact) mass is 550 g/mol. The van der Waals surface area contributed by atoms with Gasteiger partial charge in [0.2, 0.25) is 14.3 Å². The molecule has 0 aromatic rings. The predicted molar refractivity (Wildman–Crippen MR) is 154 cm³/mol. The van der Waals surface area contributed by atoms with Gasteiger partial charge < -0.3 is 19.5 Å². The minimum Gasteiger partial charge on any atom is -0.603 e. The summed E-state index contributed by atoms with van der Waals surface area (Å²) >= 11 is 1.89. The fourth-order valence-corrected chi connectivity index (χ4v) is 6.01. The molecule has 2 N–H and O–H groups in total. The van der Waals surface area contributed by atoms with Crippen molar-refractivity contribution in [1.82, 2.24) is 0 Å². The molecule has 0 aromatic heterocycles. The van der Waals surface area contributed by atoms with Gasteiger partial charge in [-0.05, 0) is 31.9 Å². The van der Waals surface area contributed by atoms with E-state index in [4.69, 9.17) is 9.47 Å². The summed E-state index contributed by atoms with van der Waals surface area (Å²) in [6, 6.07) is 0. The Labute approximate surface area is 226 Å². The normalized spacial score (nSPS) is 14.9. The minimum atomic E-state index is -3.04. The highest BCUT2D eigenvalue weighted by atomic mass is 32.2. The molecule has 0 spiro atoms. The van der Waals surface area contributed by atoms with Crippen molar-refractivity contribution in [3.05, 3.63) is 0 Å². The van der Waals surface area contributed by atoms with E-state index in [0.29, 0.717) is 6.42 Å². The molecule has 0 aliphatic rings. The lowest BCUT2D eigenvalue weighted by Crippen LogP contribution is -2.39. The summed E-state index contributed by atoms with van der Waals surface area (Å²) in [7, 11) is -3.04. The van der Waals surface area contributed by atoms with Crippen LogP contribution in [0.2, 0.25) is 0 Å². The zero-order chi connectivity index (χ0) is 27.0. The minimum absolute atomic E-state index is 0.199. The maximum absolute atomic E-state index is 11.7. The Bertz CT molecular complexity index is 556. The average molecular weight is 551 g/mol. The van der Waals surface area contributed by atoms with Crippen molar-refractivity contribution in [2.24, 2.45) is 0 Å². The van der Waals surface area contributed by atoms with Crippen LogP contribution in [0.4, 0.5) is 0 Å². The molecule has 0 bridgehead atoms. The van der Waals surface area contributed by atoms with Crippen molar-refractivity contribution in [3.8, 4) is 0 Å². The van der Waals surface area contributed by atoms with Gasteiger partial charge in [0.1, 0.15) is 0 Å². The zero-order valence-electron chi connectivity index (χ0n) is 23.5. The van der Waals surface area contributed by atoms with Crippen molar-refractivity contribution in [1.29, 1.82) is 0 Å². The van der Waals surface area contributed by atoms with Crippen LogP contribution in [-0.4, -0.2) is 51.3 Å². The molecular formula is C28H55O6PS. The topological polar surface area (TPSA) is 99.1 Å². The van der Waals surface area contributed by atoms with E-state index < -0.39 is 25.6 Å². The second kappa shape index (κ2) is 25.1. The van der Waals surface area contributed by atoms with Crippen molar-refractivity contribution in [2.45, 2.75) is 154 Å². The zero-order valence-corrected chi connectivity index (χ0v) is 25.3. The molecule has 0 saturated carbocycles. The molecule has 4 atom stereocenters. The lowest BCUT2D eigenvalue weighted by Gasteiger charge is -2.27. The largest absolute Gasteiger partial charge is 0.603 e. The molecule has 36 heavy (non-hydrogen) atoms. The summed E-state index contributed by atoms with van der Waals surface area (Å²) in [4.78, 5) is 32.9. The lowest BCUT2D eigenvalue weighted by atomic mass is 10.1. The molecular weight excluding hydrogens is 495 g/mol. The predicted octanol–water partition coefficient (Wildman–Crippen LogP) is 7.45. The van der Waals surface area contributed by atoms with Crippen molar-refractivity contribution in [2.75, 3.05) is 12.4 Å². The van der Waals surface area contributed by atoms with E-state index in [1.165, 1.54) is 89.9 Å². The molecule has 4 unspecified atom stereocenters. The summed E-state index contributed by atoms with van der Waals surface area (Å²) in [5, 5.41) is 9.06. The van der Waals surface area contributed by atoms with Crippen LogP contribution in [0.15, 0.2) is 0 Å². The van der Waals surface area contributed by atoms with Crippen LogP contribution in [0, 0.1) is 0 Å². The van der Waals surface area contributed by atoms with Gasteiger partial charge in [-0.25, -0.2) is 4.79 Å². The number of carboxylic acids is 1. The first-order chi connectivity index (χ1) is 17.4. The summed E-state index contributed by atoms with van der Waals surface area (Å²) in [5.74, 6) is -0.393. The highest BCUT2D eigenvalue weighted by Gasteiger charge is 2.34. The number of thioether (sulfide) groups is 1. The van der Waals surface area contributed by atoms with E-state index in [-0.39, 0.29) is 18.0 Å². The second-order valence-corrected chi connectivity index (χ2v) is 12.2. The van der Waals surface area contributed by atoms with Crippen LogP contribution in [0.3, 0.4) is 0 Å². The van der Waals surface area contributed by atoms with Crippen LogP contribution >= 0.6 is 19.8 Å². The Balaban J connectivity index is 4.83. The molecule has 0 fully saturated rings.